The minimum atomic E-state index is 0.497. The summed E-state index contributed by atoms with van der Waals surface area (Å²) < 4.78 is 4.73. The highest BCUT2D eigenvalue weighted by molar-refractivity contribution is 5.05. The molecule has 1 heterocycles. The third-order valence-electron chi connectivity index (χ3n) is 2.55. The maximum atomic E-state index is 4.73. The molecule has 1 aliphatic carbocycles. The van der Waals surface area contributed by atoms with Crippen molar-refractivity contribution in [3.05, 3.63) is 18.0 Å². The van der Waals surface area contributed by atoms with E-state index in [9.17, 15) is 0 Å². The second-order valence-corrected chi connectivity index (χ2v) is 4.16. The summed E-state index contributed by atoms with van der Waals surface area (Å²) in [5.41, 5.74) is 1.62. The van der Waals surface area contributed by atoms with Crippen molar-refractivity contribution in [1.82, 2.24) is 10.5 Å². The van der Waals surface area contributed by atoms with Gasteiger partial charge in [-0.2, -0.15) is 0 Å². The normalized spacial score (nSPS) is 25.7. The molecule has 3 nitrogen and oxygen atoms in total. The van der Waals surface area contributed by atoms with Crippen LogP contribution < -0.4 is 5.32 Å². The quantitative estimate of drug-likeness (QED) is 0.740. The van der Waals surface area contributed by atoms with Crippen molar-refractivity contribution in [3.8, 4) is 0 Å². The van der Waals surface area contributed by atoms with Crippen LogP contribution in [0.2, 0.25) is 0 Å². The molecule has 1 fully saturated rings. The number of nitrogens with zero attached hydrogens (tertiary/aromatic N) is 1. The minimum Gasteiger partial charge on any atom is -0.364 e. The minimum absolute atomic E-state index is 0.497. The molecule has 0 radical (unpaired) electrons. The van der Waals surface area contributed by atoms with E-state index in [1.54, 1.807) is 12.5 Å². The van der Waals surface area contributed by atoms with Crippen LogP contribution in [0.1, 0.15) is 25.8 Å². The lowest BCUT2D eigenvalue weighted by atomic mass is 10.2. The van der Waals surface area contributed by atoms with E-state index in [1.807, 2.05) is 0 Å². The van der Waals surface area contributed by atoms with E-state index in [0.29, 0.717) is 11.5 Å². The standard InChI is InChI=1S/C9H14N2O/c1-9(2)3-8(9)10-4-7-5-11-12-6-7/h5-6,8,10H,3-4H2,1-2H3. The molecule has 1 saturated carbocycles. The van der Waals surface area contributed by atoms with Gasteiger partial charge < -0.3 is 9.84 Å². The molecule has 1 aliphatic rings. The summed E-state index contributed by atoms with van der Waals surface area (Å²) in [5.74, 6) is 0. The molecule has 1 atom stereocenters. The van der Waals surface area contributed by atoms with Crippen molar-refractivity contribution in [2.45, 2.75) is 32.9 Å². The Hall–Kier alpha value is -0.830. The first-order valence-corrected chi connectivity index (χ1v) is 4.30. The van der Waals surface area contributed by atoms with Crippen LogP contribution >= 0.6 is 0 Å². The number of nitrogens with one attached hydrogen (secondary N) is 1. The monoisotopic (exact) mass is 166 g/mol. The van der Waals surface area contributed by atoms with Crippen LogP contribution in [0.25, 0.3) is 0 Å². The molecule has 12 heavy (non-hydrogen) atoms. The molecule has 0 bridgehead atoms. The second-order valence-electron chi connectivity index (χ2n) is 4.16. The Bertz CT molecular complexity index is 254. The summed E-state index contributed by atoms with van der Waals surface area (Å²) in [7, 11) is 0. The van der Waals surface area contributed by atoms with Gasteiger partial charge in [0.05, 0.1) is 6.20 Å². The molecule has 1 unspecified atom stereocenters. The van der Waals surface area contributed by atoms with Crippen LogP contribution in [-0.2, 0) is 6.54 Å². The molecule has 1 N–H and O–H groups in total. The molecule has 0 aromatic carbocycles. The molecular weight excluding hydrogens is 152 g/mol. The Balaban J connectivity index is 1.78. The Morgan fingerprint density at radius 3 is 3.00 bits per heavy atom. The molecule has 1 aromatic heterocycles. The van der Waals surface area contributed by atoms with E-state index in [0.717, 1.165) is 12.1 Å². The molecule has 0 aliphatic heterocycles. The maximum Gasteiger partial charge on any atom is 0.128 e. The first-order chi connectivity index (χ1) is 5.68. The number of aromatic nitrogens is 1. The fraction of sp³-hybridized carbons (Fsp3) is 0.667. The Labute approximate surface area is 72.1 Å². The van der Waals surface area contributed by atoms with Gasteiger partial charge in [-0.05, 0) is 11.8 Å². The zero-order chi connectivity index (χ0) is 8.60. The van der Waals surface area contributed by atoms with Crippen molar-refractivity contribution in [2.75, 3.05) is 0 Å². The summed E-state index contributed by atoms with van der Waals surface area (Å²) in [6.45, 7) is 5.42. The van der Waals surface area contributed by atoms with E-state index in [2.05, 4.69) is 24.3 Å². The van der Waals surface area contributed by atoms with Crippen molar-refractivity contribution in [1.29, 1.82) is 0 Å². The molecule has 0 spiro atoms. The number of hydrogen-bond acceptors (Lipinski definition) is 3. The van der Waals surface area contributed by atoms with Gasteiger partial charge in [0.25, 0.3) is 0 Å². The molecular formula is C9H14N2O. The zero-order valence-electron chi connectivity index (χ0n) is 7.50. The lowest BCUT2D eigenvalue weighted by Crippen LogP contribution is -2.19. The molecule has 2 rings (SSSR count). The van der Waals surface area contributed by atoms with Crippen LogP contribution in [0.4, 0.5) is 0 Å². The van der Waals surface area contributed by atoms with Gasteiger partial charge in [0.1, 0.15) is 6.26 Å². The van der Waals surface area contributed by atoms with Gasteiger partial charge >= 0.3 is 0 Å². The van der Waals surface area contributed by atoms with Crippen LogP contribution in [0.15, 0.2) is 17.0 Å². The largest absolute Gasteiger partial charge is 0.364 e. The molecule has 3 heteroatoms. The molecule has 1 aromatic rings. The predicted molar refractivity (Wildman–Crippen MR) is 45.5 cm³/mol. The van der Waals surface area contributed by atoms with Gasteiger partial charge in [-0.15, -0.1) is 0 Å². The SMILES string of the molecule is CC1(C)CC1NCc1cnoc1. The van der Waals surface area contributed by atoms with Crippen LogP contribution in [0.3, 0.4) is 0 Å². The molecule has 0 amide bonds. The summed E-state index contributed by atoms with van der Waals surface area (Å²) in [6, 6.07) is 0.674. The summed E-state index contributed by atoms with van der Waals surface area (Å²) in [4.78, 5) is 0. The smallest absolute Gasteiger partial charge is 0.128 e. The summed E-state index contributed by atoms with van der Waals surface area (Å²) in [5, 5.41) is 7.09. The summed E-state index contributed by atoms with van der Waals surface area (Å²) >= 11 is 0. The fourth-order valence-corrected chi connectivity index (χ4v) is 1.37. The van der Waals surface area contributed by atoms with Crippen molar-refractivity contribution in [2.24, 2.45) is 5.41 Å². The van der Waals surface area contributed by atoms with E-state index in [-0.39, 0.29) is 0 Å². The maximum absolute atomic E-state index is 4.73. The first kappa shape index (κ1) is 7.80. The molecule has 0 saturated heterocycles. The van der Waals surface area contributed by atoms with Crippen molar-refractivity contribution < 1.29 is 4.52 Å². The van der Waals surface area contributed by atoms with Gasteiger partial charge in [0.15, 0.2) is 0 Å². The highest BCUT2D eigenvalue weighted by Gasteiger charge is 2.44. The van der Waals surface area contributed by atoms with E-state index in [4.69, 9.17) is 4.52 Å². The number of hydrogen-bond donors (Lipinski definition) is 1. The number of rotatable bonds is 3. The highest BCUT2D eigenvalue weighted by Crippen LogP contribution is 2.44. The fourth-order valence-electron chi connectivity index (χ4n) is 1.37. The van der Waals surface area contributed by atoms with Gasteiger partial charge in [-0.3, -0.25) is 0 Å². The Kier molecular flexibility index (Phi) is 1.68. The third kappa shape index (κ3) is 1.50. The van der Waals surface area contributed by atoms with Crippen molar-refractivity contribution in [3.63, 3.8) is 0 Å². The van der Waals surface area contributed by atoms with E-state index >= 15 is 0 Å². The van der Waals surface area contributed by atoms with Crippen LogP contribution in [-0.4, -0.2) is 11.2 Å². The van der Waals surface area contributed by atoms with E-state index < -0.39 is 0 Å². The van der Waals surface area contributed by atoms with Gasteiger partial charge in [-0.1, -0.05) is 19.0 Å². The average molecular weight is 166 g/mol. The van der Waals surface area contributed by atoms with Crippen LogP contribution in [0.5, 0.6) is 0 Å². The van der Waals surface area contributed by atoms with Gasteiger partial charge in [0.2, 0.25) is 0 Å². The first-order valence-electron chi connectivity index (χ1n) is 4.30. The van der Waals surface area contributed by atoms with Crippen molar-refractivity contribution >= 4 is 0 Å². The lowest BCUT2D eigenvalue weighted by Gasteiger charge is -2.03. The Morgan fingerprint density at radius 2 is 2.50 bits per heavy atom. The van der Waals surface area contributed by atoms with Crippen LogP contribution in [0, 0.1) is 5.41 Å². The zero-order valence-corrected chi connectivity index (χ0v) is 7.50. The third-order valence-corrected chi connectivity index (χ3v) is 2.55. The second kappa shape index (κ2) is 2.59. The average Bonchev–Trinajstić information content (AvgIpc) is 2.54. The summed E-state index contributed by atoms with van der Waals surface area (Å²) in [6.07, 6.45) is 4.71. The van der Waals surface area contributed by atoms with E-state index in [1.165, 1.54) is 6.42 Å². The lowest BCUT2D eigenvalue weighted by molar-refractivity contribution is 0.418. The van der Waals surface area contributed by atoms with Gasteiger partial charge in [0, 0.05) is 18.2 Å². The van der Waals surface area contributed by atoms with Gasteiger partial charge in [-0.25, -0.2) is 0 Å². The predicted octanol–water partition coefficient (Wildman–Crippen LogP) is 1.56. The topological polar surface area (TPSA) is 38.1 Å². The highest BCUT2D eigenvalue weighted by atomic mass is 16.5. The molecule has 66 valence electrons. The Morgan fingerprint density at radius 1 is 1.75 bits per heavy atom.